The second kappa shape index (κ2) is 9.48. The van der Waals surface area contributed by atoms with Gasteiger partial charge in [-0.05, 0) is 12.1 Å². The van der Waals surface area contributed by atoms with E-state index in [2.05, 4.69) is 0 Å². The van der Waals surface area contributed by atoms with E-state index in [1.54, 1.807) is 0 Å². The molecule has 0 aliphatic rings. The van der Waals surface area contributed by atoms with Gasteiger partial charge in [-0.1, -0.05) is 0 Å². The Balaban J connectivity index is 1.67. The molecule has 144 valence electrons. The number of rotatable bonds is 10. The Morgan fingerprint density at radius 3 is 1.56 bits per heavy atom. The van der Waals surface area contributed by atoms with Crippen molar-refractivity contribution in [3.63, 3.8) is 0 Å². The fraction of sp³-hybridized carbons (Fsp3) is 0.250. The molecule has 11 heteroatoms. The Bertz CT molecular complexity index is 763. The molecule has 2 aromatic rings. The Morgan fingerprint density at radius 1 is 0.815 bits per heavy atom. The first-order valence-corrected chi connectivity index (χ1v) is 8.82. The predicted molar refractivity (Wildman–Crippen MR) is 97.8 cm³/mol. The summed E-state index contributed by atoms with van der Waals surface area (Å²) in [5.41, 5.74) is -0.443. The molecule has 0 aliphatic heterocycles. The van der Waals surface area contributed by atoms with Crippen LogP contribution in [0, 0.1) is 20.2 Å². The summed E-state index contributed by atoms with van der Waals surface area (Å²) < 4.78 is 10.7. The van der Waals surface area contributed by atoms with E-state index in [0.29, 0.717) is 11.5 Å². The average Bonchev–Trinajstić information content (AvgIpc) is 2.62. The third-order valence-corrected chi connectivity index (χ3v) is 4.19. The Labute approximate surface area is 157 Å². The van der Waals surface area contributed by atoms with Crippen molar-refractivity contribution in [3.05, 3.63) is 56.6 Å². The maximum Gasteiger partial charge on any atom is 0.273 e. The molecule has 0 fully saturated rings. The summed E-state index contributed by atoms with van der Waals surface area (Å²) in [5.74, 6) is 0.872. The number of nitro groups is 2. The molecule has 2 aromatic carbocycles. The quantitative estimate of drug-likeness (QED) is 0.351. The number of ether oxygens (including phenoxy) is 2. The number of non-ortho nitro benzene ring substituents is 2. The molecule has 0 spiro atoms. The van der Waals surface area contributed by atoms with Crippen molar-refractivity contribution in [1.82, 2.24) is 0 Å². The van der Waals surface area contributed by atoms with Gasteiger partial charge in [0.15, 0.2) is 23.0 Å². The summed E-state index contributed by atoms with van der Waals surface area (Å²) in [4.78, 5) is 20.0. The molecule has 2 N–H and O–H groups in total. The van der Waals surface area contributed by atoms with E-state index in [-0.39, 0.29) is 47.6 Å². The van der Waals surface area contributed by atoms with Crippen molar-refractivity contribution < 1.29 is 29.5 Å². The van der Waals surface area contributed by atoms with Crippen molar-refractivity contribution in [2.75, 3.05) is 24.7 Å². The van der Waals surface area contributed by atoms with E-state index < -0.39 is 9.85 Å². The number of hydrogen-bond acceptors (Lipinski definition) is 9. The van der Waals surface area contributed by atoms with Crippen LogP contribution in [0.15, 0.2) is 36.4 Å². The molecule has 2 rings (SSSR count). The number of nitro benzene ring substituents is 2. The number of thioether (sulfide) groups is 1. The van der Waals surface area contributed by atoms with E-state index in [1.807, 2.05) is 0 Å². The van der Waals surface area contributed by atoms with Gasteiger partial charge in [-0.2, -0.15) is 11.8 Å². The lowest BCUT2D eigenvalue weighted by atomic mass is 10.3. The molecule has 0 amide bonds. The van der Waals surface area contributed by atoms with E-state index in [1.165, 1.54) is 36.0 Å². The molecule has 0 heterocycles. The summed E-state index contributed by atoms with van der Waals surface area (Å²) in [6.07, 6.45) is 0. The highest BCUT2D eigenvalue weighted by atomic mass is 32.2. The predicted octanol–water partition coefficient (Wildman–Crippen LogP) is 3.11. The van der Waals surface area contributed by atoms with Gasteiger partial charge in [-0.15, -0.1) is 0 Å². The van der Waals surface area contributed by atoms with Crippen LogP contribution in [0.5, 0.6) is 23.0 Å². The first-order valence-electron chi connectivity index (χ1n) is 7.66. The van der Waals surface area contributed by atoms with Crippen LogP contribution in [-0.2, 0) is 0 Å². The summed E-state index contributed by atoms with van der Waals surface area (Å²) in [5, 5.41) is 40.5. The number of aromatic hydroxyl groups is 2. The standard InChI is InChI=1S/C16H16N2O8S/c19-13-9-11(17(21)22)1-3-15(13)25-5-7-27-8-6-26-16-4-2-12(18(23)24)10-14(16)20/h1-4,9-10,19-20H,5-8H2. The molecule has 0 aromatic heterocycles. The highest BCUT2D eigenvalue weighted by Gasteiger charge is 2.12. The first kappa shape index (κ1) is 20.1. The molecular weight excluding hydrogens is 380 g/mol. The number of hydrogen-bond donors (Lipinski definition) is 2. The lowest BCUT2D eigenvalue weighted by molar-refractivity contribution is -0.385. The number of phenolic OH excluding ortho intramolecular Hbond substituents is 2. The third kappa shape index (κ3) is 5.92. The smallest absolute Gasteiger partial charge is 0.273 e. The second-order valence-corrected chi connectivity index (χ2v) is 6.35. The molecule has 27 heavy (non-hydrogen) atoms. The second-order valence-electron chi connectivity index (χ2n) is 5.13. The molecule has 0 aliphatic carbocycles. The van der Waals surface area contributed by atoms with Crippen LogP contribution in [0.3, 0.4) is 0 Å². The van der Waals surface area contributed by atoms with Crippen molar-refractivity contribution in [3.8, 4) is 23.0 Å². The molecule has 0 radical (unpaired) electrons. The van der Waals surface area contributed by atoms with Crippen LogP contribution in [0.2, 0.25) is 0 Å². The van der Waals surface area contributed by atoms with Gasteiger partial charge in [0.25, 0.3) is 11.4 Å². The Kier molecular flexibility index (Phi) is 7.06. The largest absolute Gasteiger partial charge is 0.504 e. The fourth-order valence-corrected chi connectivity index (χ4v) is 2.61. The molecule has 0 saturated heterocycles. The number of nitrogens with zero attached hydrogens (tertiary/aromatic N) is 2. The van der Waals surface area contributed by atoms with Gasteiger partial charge >= 0.3 is 0 Å². The summed E-state index contributed by atoms with van der Waals surface area (Å²) in [6, 6.07) is 7.19. The minimum absolute atomic E-state index is 0.160. The molecule has 0 saturated carbocycles. The zero-order chi connectivity index (χ0) is 19.8. The molecular formula is C16H16N2O8S. The SMILES string of the molecule is O=[N+]([O-])c1ccc(OCCSCCOc2ccc([N+](=O)[O-])cc2O)c(O)c1. The van der Waals surface area contributed by atoms with Crippen molar-refractivity contribution in [1.29, 1.82) is 0 Å². The van der Waals surface area contributed by atoms with Gasteiger partial charge in [-0.25, -0.2) is 0 Å². The minimum Gasteiger partial charge on any atom is -0.504 e. The van der Waals surface area contributed by atoms with Gasteiger partial charge in [0.05, 0.1) is 35.2 Å². The van der Waals surface area contributed by atoms with Crippen LogP contribution < -0.4 is 9.47 Å². The van der Waals surface area contributed by atoms with E-state index in [4.69, 9.17) is 9.47 Å². The molecule has 10 nitrogen and oxygen atoms in total. The number of benzene rings is 2. The van der Waals surface area contributed by atoms with Gasteiger partial charge in [0, 0.05) is 23.6 Å². The topological polar surface area (TPSA) is 145 Å². The monoisotopic (exact) mass is 396 g/mol. The van der Waals surface area contributed by atoms with Crippen LogP contribution in [0.25, 0.3) is 0 Å². The first-order chi connectivity index (χ1) is 12.9. The zero-order valence-corrected chi connectivity index (χ0v) is 14.8. The zero-order valence-electron chi connectivity index (χ0n) is 13.9. The Morgan fingerprint density at radius 2 is 1.22 bits per heavy atom. The van der Waals surface area contributed by atoms with E-state index in [9.17, 15) is 30.4 Å². The highest BCUT2D eigenvalue weighted by Crippen LogP contribution is 2.31. The van der Waals surface area contributed by atoms with Gasteiger partial charge in [0.1, 0.15) is 0 Å². The van der Waals surface area contributed by atoms with Crippen molar-refractivity contribution in [2.45, 2.75) is 0 Å². The van der Waals surface area contributed by atoms with Gasteiger partial charge in [-0.3, -0.25) is 20.2 Å². The van der Waals surface area contributed by atoms with Crippen molar-refractivity contribution in [2.24, 2.45) is 0 Å². The lowest BCUT2D eigenvalue weighted by Crippen LogP contribution is -2.05. The van der Waals surface area contributed by atoms with Crippen LogP contribution >= 0.6 is 11.8 Å². The lowest BCUT2D eigenvalue weighted by Gasteiger charge is -2.09. The van der Waals surface area contributed by atoms with Crippen LogP contribution in [-0.4, -0.2) is 44.8 Å². The maximum absolute atomic E-state index is 10.6. The van der Waals surface area contributed by atoms with Crippen LogP contribution in [0.1, 0.15) is 0 Å². The maximum atomic E-state index is 10.6. The van der Waals surface area contributed by atoms with Gasteiger partial charge in [0.2, 0.25) is 0 Å². The fourth-order valence-electron chi connectivity index (χ4n) is 2.01. The van der Waals surface area contributed by atoms with Gasteiger partial charge < -0.3 is 19.7 Å². The highest BCUT2D eigenvalue weighted by molar-refractivity contribution is 7.99. The van der Waals surface area contributed by atoms with E-state index in [0.717, 1.165) is 12.1 Å². The van der Waals surface area contributed by atoms with E-state index >= 15 is 0 Å². The normalized spacial score (nSPS) is 10.4. The number of phenols is 2. The molecule has 0 unspecified atom stereocenters. The summed E-state index contributed by atoms with van der Waals surface area (Å²) in [7, 11) is 0. The summed E-state index contributed by atoms with van der Waals surface area (Å²) in [6.45, 7) is 0.553. The van der Waals surface area contributed by atoms with Crippen LogP contribution in [0.4, 0.5) is 11.4 Å². The Hall–Kier alpha value is -3.21. The summed E-state index contributed by atoms with van der Waals surface area (Å²) >= 11 is 1.49. The molecule has 0 bridgehead atoms. The minimum atomic E-state index is -0.609. The molecule has 0 atom stereocenters. The third-order valence-electron chi connectivity index (χ3n) is 3.28. The van der Waals surface area contributed by atoms with Crippen molar-refractivity contribution >= 4 is 23.1 Å². The average molecular weight is 396 g/mol.